The molecule has 0 aliphatic carbocycles. The Morgan fingerprint density at radius 2 is 2.00 bits per heavy atom. The molecule has 0 bridgehead atoms. The number of aryl methyl sites for hydroxylation is 1. The molecule has 23 heavy (non-hydrogen) atoms. The van der Waals surface area contributed by atoms with Gasteiger partial charge in [-0.2, -0.15) is 0 Å². The Balaban J connectivity index is 2.08. The van der Waals surface area contributed by atoms with Crippen LogP contribution in [0.5, 0.6) is 0 Å². The SMILES string of the molecule is CCC(CC)(CN)NC(=O)CCn1nnc2ccccc2c1=O. The predicted molar refractivity (Wildman–Crippen MR) is 88.9 cm³/mol. The van der Waals surface area contributed by atoms with Crippen LogP contribution >= 0.6 is 0 Å². The summed E-state index contributed by atoms with van der Waals surface area (Å²) in [6.45, 7) is 4.57. The molecule has 2 aromatic rings. The lowest BCUT2D eigenvalue weighted by Gasteiger charge is -2.31. The van der Waals surface area contributed by atoms with Crippen LogP contribution in [0, 0.1) is 0 Å². The first kappa shape index (κ1) is 17.1. The number of hydrogen-bond acceptors (Lipinski definition) is 5. The molecule has 1 heterocycles. The normalized spacial score (nSPS) is 11.6. The maximum atomic E-state index is 12.3. The van der Waals surface area contributed by atoms with E-state index >= 15 is 0 Å². The Morgan fingerprint density at radius 3 is 2.65 bits per heavy atom. The maximum Gasteiger partial charge on any atom is 0.277 e. The fraction of sp³-hybridized carbons (Fsp3) is 0.500. The molecule has 7 nitrogen and oxygen atoms in total. The van der Waals surface area contributed by atoms with Gasteiger partial charge >= 0.3 is 0 Å². The third-order valence-electron chi connectivity index (χ3n) is 4.33. The minimum atomic E-state index is -0.378. The van der Waals surface area contributed by atoms with Crippen molar-refractivity contribution in [2.75, 3.05) is 6.54 Å². The van der Waals surface area contributed by atoms with Gasteiger partial charge in [0.2, 0.25) is 5.91 Å². The second-order valence-electron chi connectivity index (χ2n) is 5.62. The van der Waals surface area contributed by atoms with E-state index in [-0.39, 0.29) is 30.0 Å². The van der Waals surface area contributed by atoms with Gasteiger partial charge in [-0.15, -0.1) is 5.10 Å². The highest BCUT2D eigenvalue weighted by Gasteiger charge is 2.26. The maximum absolute atomic E-state index is 12.3. The molecule has 0 aliphatic rings. The quantitative estimate of drug-likeness (QED) is 0.787. The molecule has 0 unspecified atom stereocenters. The molecular weight excluding hydrogens is 294 g/mol. The van der Waals surface area contributed by atoms with Gasteiger partial charge in [-0.25, -0.2) is 4.68 Å². The minimum absolute atomic E-state index is 0.138. The number of benzene rings is 1. The molecule has 0 atom stereocenters. The highest BCUT2D eigenvalue weighted by atomic mass is 16.2. The summed E-state index contributed by atoms with van der Waals surface area (Å²) in [5.74, 6) is -0.138. The van der Waals surface area contributed by atoms with Gasteiger partial charge in [-0.3, -0.25) is 9.59 Å². The number of nitrogens with one attached hydrogen (secondary N) is 1. The molecule has 0 aliphatic heterocycles. The predicted octanol–water partition coefficient (Wildman–Crippen LogP) is 0.815. The summed E-state index contributed by atoms with van der Waals surface area (Å²) in [5, 5.41) is 11.4. The van der Waals surface area contributed by atoms with Crippen molar-refractivity contribution >= 4 is 16.8 Å². The number of fused-ring (bicyclic) bond motifs is 1. The van der Waals surface area contributed by atoms with Gasteiger partial charge in [0.15, 0.2) is 0 Å². The number of hydrogen-bond donors (Lipinski definition) is 2. The third-order valence-corrected chi connectivity index (χ3v) is 4.33. The van der Waals surface area contributed by atoms with Crippen LogP contribution in [0.3, 0.4) is 0 Å². The number of carbonyl (C=O) groups excluding carboxylic acids is 1. The minimum Gasteiger partial charge on any atom is -0.349 e. The molecule has 0 saturated heterocycles. The first-order valence-corrected chi connectivity index (χ1v) is 7.89. The standard InChI is InChI=1S/C16H23N5O2/c1-3-16(4-2,11-17)18-14(22)9-10-21-15(23)12-7-5-6-8-13(12)19-20-21/h5-8H,3-4,9-11,17H2,1-2H3,(H,18,22). The van der Waals surface area contributed by atoms with Gasteiger partial charge < -0.3 is 11.1 Å². The molecule has 0 saturated carbocycles. The van der Waals surface area contributed by atoms with E-state index in [9.17, 15) is 9.59 Å². The zero-order valence-corrected chi connectivity index (χ0v) is 13.6. The van der Waals surface area contributed by atoms with Gasteiger partial charge in [0.05, 0.1) is 17.5 Å². The fourth-order valence-electron chi connectivity index (χ4n) is 2.50. The van der Waals surface area contributed by atoms with Crippen LogP contribution in [0.1, 0.15) is 33.1 Å². The summed E-state index contributed by atoms with van der Waals surface area (Å²) in [6.07, 6.45) is 1.69. The average molecular weight is 317 g/mol. The lowest BCUT2D eigenvalue weighted by atomic mass is 9.93. The van der Waals surface area contributed by atoms with E-state index in [0.29, 0.717) is 17.4 Å². The zero-order valence-electron chi connectivity index (χ0n) is 13.6. The van der Waals surface area contributed by atoms with Crippen LogP contribution in [0.25, 0.3) is 10.9 Å². The molecule has 3 N–H and O–H groups in total. The van der Waals surface area contributed by atoms with E-state index < -0.39 is 0 Å². The Kier molecular flexibility index (Phi) is 5.44. The van der Waals surface area contributed by atoms with Crippen LogP contribution in [-0.2, 0) is 11.3 Å². The largest absolute Gasteiger partial charge is 0.349 e. The summed E-state index contributed by atoms with van der Waals surface area (Å²) in [4.78, 5) is 24.5. The van der Waals surface area contributed by atoms with Crippen molar-refractivity contribution in [3.8, 4) is 0 Å². The van der Waals surface area contributed by atoms with E-state index in [0.717, 1.165) is 12.8 Å². The highest BCUT2D eigenvalue weighted by molar-refractivity contribution is 5.77. The summed E-state index contributed by atoms with van der Waals surface area (Å²) in [6, 6.07) is 7.02. The molecular formula is C16H23N5O2. The van der Waals surface area contributed by atoms with Crippen LogP contribution in [0.2, 0.25) is 0 Å². The van der Waals surface area contributed by atoms with Crippen LogP contribution in [0.4, 0.5) is 0 Å². The van der Waals surface area contributed by atoms with Crippen LogP contribution in [0.15, 0.2) is 29.1 Å². The van der Waals surface area contributed by atoms with Gasteiger partial charge in [-0.1, -0.05) is 31.2 Å². The van der Waals surface area contributed by atoms with Crippen molar-refractivity contribution in [1.82, 2.24) is 20.3 Å². The Bertz CT molecular complexity index is 728. The van der Waals surface area contributed by atoms with E-state index in [1.807, 2.05) is 13.8 Å². The lowest BCUT2D eigenvalue weighted by molar-refractivity contribution is -0.123. The zero-order chi connectivity index (χ0) is 16.9. The monoisotopic (exact) mass is 317 g/mol. The molecule has 1 aromatic carbocycles. The van der Waals surface area contributed by atoms with E-state index in [1.54, 1.807) is 24.3 Å². The summed E-state index contributed by atoms with van der Waals surface area (Å²) < 4.78 is 1.23. The van der Waals surface area contributed by atoms with Gasteiger partial charge in [0.1, 0.15) is 5.52 Å². The van der Waals surface area contributed by atoms with E-state index in [1.165, 1.54) is 4.68 Å². The number of nitrogens with zero attached hydrogens (tertiary/aromatic N) is 3. The molecule has 2 rings (SSSR count). The molecule has 0 spiro atoms. The van der Waals surface area contributed by atoms with Gasteiger partial charge in [0, 0.05) is 13.0 Å². The van der Waals surface area contributed by atoms with E-state index in [2.05, 4.69) is 15.6 Å². The number of aromatic nitrogens is 3. The molecule has 0 fully saturated rings. The molecule has 7 heteroatoms. The smallest absolute Gasteiger partial charge is 0.277 e. The highest BCUT2D eigenvalue weighted by Crippen LogP contribution is 2.13. The first-order valence-electron chi connectivity index (χ1n) is 7.89. The van der Waals surface area contributed by atoms with Crippen molar-refractivity contribution < 1.29 is 4.79 Å². The third kappa shape index (κ3) is 3.73. The molecule has 0 radical (unpaired) electrons. The Morgan fingerprint density at radius 1 is 1.30 bits per heavy atom. The summed E-state index contributed by atoms with van der Waals surface area (Å²) in [7, 11) is 0. The van der Waals surface area contributed by atoms with E-state index in [4.69, 9.17) is 5.73 Å². The summed E-state index contributed by atoms with van der Waals surface area (Å²) in [5.41, 5.74) is 5.72. The van der Waals surface area contributed by atoms with Crippen molar-refractivity contribution in [1.29, 1.82) is 0 Å². The van der Waals surface area contributed by atoms with Crippen LogP contribution < -0.4 is 16.6 Å². The topological polar surface area (TPSA) is 103 Å². The van der Waals surface area contributed by atoms with Crippen molar-refractivity contribution in [3.05, 3.63) is 34.6 Å². The lowest BCUT2D eigenvalue weighted by Crippen LogP contribution is -2.53. The Hall–Kier alpha value is -2.28. The Labute approximate surface area is 134 Å². The van der Waals surface area contributed by atoms with Crippen LogP contribution in [-0.4, -0.2) is 33.0 Å². The number of amides is 1. The molecule has 1 amide bonds. The molecule has 1 aromatic heterocycles. The second-order valence-corrected chi connectivity index (χ2v) is 5.62. The number of nitrogens with two attached hydrogens (primary N) is 1. The fourth-order valence-corrected chi connectivity index (χ4v) is 2.50. The van der Waals surface area contributed by atoms with Crippen molar-refractivity contribution in [2.45, 2.75) is 45.2 Å². The number of rotatable bonds is 7. The van der Waals surface area contributed by atoms with Gasteiger partial charge in [-0.05, 0) is 25.0 Å². The average Bonchev–Trinajstić information content (AvgIpc) is 2.59. The first-order chi connectivity index (χ1) is 11.0. The number of carbonyl (C=O) groups is 1. The van der Waals surface area contributed by atoms with Crippen molar-refractivity contribution in [2.24, 2.45) is 5.73 Å². The van der Waals surface area contributed by atoms with Crippen molar-refractivity contribution in [3.63, 3.8) is 0 Å². The van der Waals surface area contributed by atoms with Gasteiger partial charge in [0.25, 0.3) is 5.56 Å². The second kappa shape index (κ2) is 7.32. The summed E-state index contributed by atoms with van der Waals surface area (Å²) >= 11 is 0. The molecule has 124 valence electrons.